The first-order valence-electron chi connectivity index (χ1n) is 29.0. The largest absolute Gasteiger partial charge is 1.00 e. The first kappa shape index (κ1) is 67.5. The van der Waals surface area contributed by atoms with Crippen LogP contribution in [-0.4, -0.2) is 44.2 Å². The number of fused-ring (bicyclic) bond motifs is 3. The van der Waals surface area contributed by atoms with Gasteiger partial charge in [-0.2, -0.15) is 16.9 Å². The van der Waals surface area contributed by atoms with Crippen molar-refractivity contribution >= 4 is 49.8 Å². The van der Waals surface area contributed by atoms with E-state index in [4.69, 9.17) is 26.9 Å². The third-order valence-electron chi connectivity index (χ3n) is 13.5. The number of aliphatic imine (C=N–C) groups is 1. The average molecular weight is 1100 g/mol. The van der Waals surface area contributed by atoms with Gasteiger partial charge in [-0.25, -0.2) is 0 Å². The zero-order valence-electron chi connectivity index (χ0n) is 49.9. The van der Waals surface area contributed by atoms with Crippen molar-refractivity contribution in [3.05, 3.63) is 257 Å². The minimum absolute atomic E-state index is 0. The maximum Gasteiger partial charge on any atom is 1.00 e. The Morgan fingerprint density at radius 3 is 1.37 bits per heavy atom. The van der Waals surface area contributed by atoms with Crippen LogP contribution in [0.4, 0.5) is 0 Å². The molecule has 1 saturated heterocycles. The number of halogens is 1. The molecule has 11 rings (SSSR count). The second-order valence-corrected chi connectivity index (χ2v) is 20.8. The molecular formula is C74H85ClLiN5O. The summed E-state index contributed by atoms with van der Waals surface area (Å²) in [4.78, 5) is 4.67. The number of benzene rings is 9. The van der Waals surface area contributed by atoms with Gasteiger partial charge in [0, 0.05) is 49.8 Å². The summed E-state index contributed by atoms with van der Waals surface area (Å²) in [5.41, 5.74) is 10.3. The third kappa shape index (κ3) is 23.5. The number of nitrogens with one attached hydrogen (secondary N) is 2. The Morgan fingerprint density at radius 1 is 0.537 bits per heavy atom. The molecule has 0 aliphatic carbocycles. The Balaban J connectivity index is 0.000000223. The van der Waals surface area contributed by atoms with Crippen molar-refractivity contribution in [3.63, 3.8) is 0 Å². The molecule has 0 bridgehead atoms. The van der Waals surface area contributed by atoms with Crippen LogP contribution in [0.25, 0.3) is 32.3 Å². The quantitative estimate of drug-likeness (QED) is 0.0765. The zero-order chi connectivity index (χ0) is 57.9. The number of hydrogen-bond acceptors (Lipinski definition) is 6. The van der Waals surface area contributed by atoms with Crippen LogP contribution in [0.3, 0.4) is 0 Å². The summed E-state index contributed by atoms with van der Waals surface area (Å²) in [6.45, 7) is 20.2. The van der Waals surface area contributed by atoms with Crippen LogP contribution in [0.2, 0.25) is 0 Å². The standard InChI is InChI=1S/C22H22N2.C19H15N.C11H9Cl.C8H7N.C6H15N.C4H8O.C4H9.Li/c1-3-11-20-17(7-1)9-5-10-18(20)13-14-19-8-2-4-12-21(19)22-23-15-6-16-24-22;20-14-18-8-2-1-6-15(18)12-13-17-10-5-9-16-7-3-4-11-19(16)17;12-8-10-6-3-5-9-4-1-2-7-11(9)10;1-7-4-2-3-5-8(7)6-9;1-5(2)7-6(3)4;1-2-4-5-3-1;1-3-4-2;/h1-5,7-12H,6,13-16H2,(H,23,24);1-11H,12-13H2;1-7H,8H2;2-5H,1H3;5-7H,1-4H3;1-4H2;1,3-4H2,2H3;/q;;;;;;-1;+1. The Morgan fingerprint density at radius 2 is 0.939 bits per heavy atom. The van der Waals surface area contributed by atoms with Gasteiger partial charge in [0.25, 0.3) is 0 Å². The van der Waals surface area contributed by atoms with E-state index in [-0.39, 0.29) is 18.9 Å². The molecule has 1 fully saturated rings. The predicted octanol–water partition coefficient (Wildman–Crippen LogP) is 15.1. The van der Waals surface area contributed by atoms with E-state index in [1.54, 1.807) is 0 Å². The van der Waals surface area contributed by atoms with E-state index in [9.17, 15) is 0 Å². The van der Waals surface area contributed by atoms with Crippen molar-refractivity contribution in [1.29, 1.82) is 10.5 Å². The van der Waals surface area contributed by atoms with Crippen molar-refractivity contribution in [1.82, 2.24) is 10.6 Å². The molecule has 2 aliphatic rings. The van der Waals surface area contributed by atoms with Crippen LogP contribution in [0.1, 0.15) is 117 Å². The normalized spacial score (nSPS) is 11.9. The van der Waals surface area contributed by atoms with Crippen molar-refractivity contribution in [2.24, 2.45) is 4.99 Å². The second-order valence-electron chi connectivity index (χ2n) is 20.6. The number of nitriles is 2. The number of aryl methyl sites for hydroxylation is 5. The van der Waals surface area contributed by atoms with E-state index in [2.05, 4.69) is 203 Å². The maximum absolute atomic E-state index is 9.14. The van der Waals surface area contributed by atoms with Gasteiger partial charge >= 0.3 is 18.9 Å². The van der Waals surface area contributed by atoms with Crippen molar-refractivity contribution in [3.8, 4) is 12.1 Å². The van der Waals surface area contributed by atoms with Crippen LogP contribution >= 0.6 is 11.6 Å². The van der Waals surface area contributed by atoms with E-state index >= 15 is 0 Å². The predicted molar refractivity (Wildman–Crippen MR) is 347 cm³/mol. The summed E-state index contributed by atoms with van der Waals surface area (Å²) >= 11 is 5.81. The van der Waals surface area contributed by atoms with Crippen LogP contribution in [0.5, 0.6) is 0 Å². The molecule has 420 valence electrons. The van der Waals surface area contributed by atoms with Gasteiger partial charge in [-0.3, -0.25) is 4.99 Å². The van der Waals surface area contributed by atoms with E-state index in [1.165, 1.54) is 79.4 Å². The van der Waals surface area contributed by atoms with Gasteiger partial charge in [-0.1, -0.05) is 229 Å². The fourth-order valence-corrected chi connectivity index (χ4v) is 9.61. The summed E-state index contributed by atoms with van der Waals surface area (Å²) in [5.74, 6) is 1.65. The van der Waals surface area contributed by atoms with Crippen LogP contribution in [-0.2, 0) is 36.3 Å². The first-order valence-corrected chi connectivity index (χ1v) is 29.5. The van der Waals surface area contributed by atoms with Gasteiger partial charge in [0.1, 0.15) is 5.84 Å². The molecule has 82 heavy (non-hydrogen) atoms. The van der Waals surface area contributed by atoms with Crippen LogP contribution in [0.15, 0.2) is 205 Å². The van der Waals surface area contributed by atoms with Gasteiger partial charge in [-0.05, 0) is 130 Å². The van der Waals surface area contributed by atoms with Gasteiger partial charge < -0.3 is 22.3 Å². The van der Waals surface area contributed by atoms with Crippen molar-refractivity contribution < 1.29 is 23.6 Å². The van der Waals surface area contributed by atoms with E-state index < -0.39 is 0 Å². The van der Waals surface area contributed by atoms with E-state index in [1.807, 2.05) is 73.7 Å². The molecule has 2 aliphatic heterocycles. The SMILES string of the molecule is C1CCOC1.CC(C)NC(C)C.Cc1ccccc1C#N.ClCc1cccc2ccccc12.N#Cc1ccccc1CCc1cccc2ccccc12.[CH2-]CCC.[Li+].c1ccc(C2=NCCCN2)c(CCc2cccc3ccccc23)c1. The molecule has 9 aromatic rings. The van der Waals surface area contributed by atoms with Gasteiger partial charge in [0.15, 0.2) is 0 Å². The summed E-state index contributed by atoms with van der Waals surface area (Å²) in [6.07, 6.45) is 9.90. The Bertz CT molecular complexity index is 3340. The number of hydrogen-bond donors (Lipinski definition) is 2. The topological polar surface area (TPSA) is 93.2 Å². The number of rotatable bonds is 11. The molecule has 2 N–H and O–H groups in total. The molecule has 9 aromatic carbocycles. The molecular weight excluding hydrogens is 1020 g/mol. The average Bonchev–Trinajstić information content (AvgIpc) is 4.21. The first-order chi connectivity index (χ1) is 39.6. The summed E-state index contributed by atoms with van der Waals surface area (Å²) < 4.78 is 4.94. The molecule has 0 radical (unpaired) electrons. The fraction of sp³-hybridized carbons (Fsp3) is 0.297. The minimum atomic E-state index is 0. The maximum atomic E-state index is 9.14. The Kier molecular flexibility index (Phi) is 32.5. The summed E-state index contributed by atoms with van der Waals surface area (Å²) in [7, 11) is 0. The molecule has 8 heteroatoms. The van der Waals surface area contributed by atoms with Gasteiger partial charge in [0.2, 0.25) is 0 Å². The van der Waals surface area contributed by atoms with E-state index in [0.717, 1.165) is 92.9 Å². The third-order valence-corrected chi connectivity index (χ3v) is 13.8. The molecule has 0 amide bonds. The monoisotopic (exact) mass is 1100 g/mol. The summed E-state index contributed by atoms with van der Waals surface area (Å²) in [5, 5.41) is 32.2. The number of unbranched alkanes of at least 4 members (excludes halogenated alkanes) is 1. The Labute approximate surface area is 509 Å². The number of ether oxygens (including phenoxy) is 1. The smallest absolute Gasteiger partial charge is 0.381 e. The molecule has 6 nitrogen and oxygen atoms in total. The van der Waals surface area contributed by atoms with Crippen LogP contribution in [0, 0.1) is 36.5 Å². The molecule has 0 saturated carbocycles. The number of nitrogens with zero attached hydrogens (tertiary/aromatic N) is 3. The molecule has 0 unspecified atom stereocenters. The van der Waals surface area contributed by atoms with E-state index in [0.29, 0.717) is 18.0 Å². The summed E-state index contributed by atoms with van der Waals surface area (Å²) in [6, 6.07) is 74.3. The molecule has 2 heterocycles. The fourth-order valence-electron chi connectivity index (χ4n) is 9.37. The molecule has 0 aromatic heterocycles. The molecule has 0 spiro atoms. The number of amidine groups is 1. The zero-order valence-corrected chi connectivity index (χ0v) is 50.7. The van der Waals surface area contributed by atoms with Gasteiger partial charge in [-0.15, -0.1) is 11.6 Å². The van der Waals surface area contributed by atoms with Crippen molar-refractivity contribution in [2.75, 3.05) is 26.3 Å². The van der Waals surface area contributed by atoms with Crippen molar-refractivity contribution in [2.45, 2.75) is 117 Å². The minimum Gasteiger partial charge on any atom is -0.381 e. The van der Waals surface area contributed by atoms with Gasteiger partial charge in [0.05, 0.1) is 23.3 Å². The Hall–Kier alpha value is -6.98. The van der Waals surface area contributed by atoms with Crippen LogP contribution < -0.4 is 29.5 Å². The second kappa shape index (κ2) is 39.4. The molecule has 0 atom stereocenters. The number of alkyl halides is 1.